The van der Waals surface area contributed by atoms with Crippen molar-refractivity contribution in [2.24, 2.45) is 0 Å². The number of rotatable bonds is 1. The van der Waals surface area contributed by atoms with Gasteiger partial charge >= 0.3 is 0 Å². The van der Waals surface area contributed by atoms with Crippen LogP contribution in [0.2, 0.25) is 0 Å². The first kappa shape index (κ1) is 12.8. The summed E-state index contributed by atoms with van der Waals surface area (Å²) < 4.78 is 4.58. The molecule has 0 aromatic carbocycles. The van der Waals surface area contributed by atoms with Gasteiger partial charge in [0.1, 0.15) is 24.4 Å². The molecule has 5 N–H and O–H groups in total. The number of aliphatic hydroxyl groups excluding tert-OH is 5. The summed E-state index contributed by atoms with van der Waals surface area (Å²) in [6.07, 6.45) is -7.04. The normalized spacial score (nSPS) is 45.5. The summed E-state index contributed by atoms with van der Waals surface area (Å²) in [6.45, 7) is -0.526. The molecule has 1 heterocycles. The molecule has 1 saturated heterocycles. The molecule has 1 rings (SSSR count). The molecular formula is C7H12O6. The first-order chi connectivity index (χ1) is 5.57. The molecule has 1 aliphatic rings. The third-order valence-corrected chi connectivity index (χ3v) is 1.87. The van der Waals surface area contributed by atoms with Gasteiger partial charge in [-0.15, -0.1) is 0 Å². The third-order valence-electron chi connectivity index (χ3n) is 1.87. The van der Waals surface area contributed by atoms with E-state index in [9.17, 15) is 0 Å². The molecule has 0 aliphatic carbocycles. The maximum Gasteiger partial charge on any atom is 0.184 e. The van der Waals surface area contributed by atoms with Gasteiger partial charge in [0.25, 0.3) is 0 Å². The highest BCUT2D eigenvalue weighted by Gasteiger charge is 2.42. The van der Waals surface area contributed by atoms with Crippen LogP contribution in [0.1, 0.15) is 0 Å². The van der Waals surface area contributed by atoms with Crippen molar-refractivity contribution >= 4 is 0 Å². The van der Waals surface area contributed by atoms with Gasteiger partial charge in [0.05, 0.1) is 6.61 Å². The predicted octanol–water partition coefficient (Wildman–Crippen LogP) is -3.14. The van der Waals surface area contributed by atoms with Crippen LogP contribution in [0.4, 0.5) is 0 Å². The Balaban J connectivity index is 0.00000144. The van der Waals surface area contributed by atoms with E-state index >= 15 is 0 Å². The van der Waals surface area contributed by atoms with Crippen LogP contribution in [0.25, 0.3) is 0 Å². The van der Waals surface area contributed by atoms with Crippen LogP contribution in [0.3, 0.4) is 0 Å². The van der Waals surface area contributed by atoms with Gasteiger partial charge < -0.3 is 30.3 Å². The maximum absolute atomic E-state index is 9.12. The Bertz CT molecular complexity index is 147. The fourth-order valence-electron chi connectivity index (χ4n) is 1.08. The minimum Gasteiger partial charge on any atom is -0.394 e. The fraction of sp³-hybridized carbons (Fsp3) is 0.857. The molecule has 1 aliphatic heterocycles. The van der Waals surface area contributed by atoms with Crippen molar-refractivity contribution in [3.05, 3.63) is 7.43 Å². The maximum atomic E-state index is 9.12. The molecule has 5 atom stereocenters. The highest BCUT2D eigenvalue weighted by atomic mass is 16.6. The topological polar surface area (TPSA) is 110 Å². The van der Waals surface area contributed by atoms with Crippen molar-refractivity contribution in [2.75, 3.05) is 6.61 Å². The van der Waals surface area contributed by atoms with E-state index in [0.29, 0.717) is 0 Å². The summed E-state index contributed by atoms with van der Waals surface area (Å²) >= 11 is 0. The zero-order chi connectivity index (χ0) is 9.30. The van der Waals surface area contributed by atoms with Crippen LogP contribution >= 0.6 is 0 Å². The Morgan fingerprint density at radius 1 is 0.923 bits per heavy atom. The molecule has 1 unspecified atom stereocenters. The average Bonchev–Trinajstić information content (AvgIpc) is 2.08. The number of aliphatic hydroxyl groups is 5. The lowest BCUT2D eigenvalue weighted by Gasteiger charge is -2.37. The first-order valence-corrected chi connectivity index (χ1v) is 3.56. The van der Waals surface area contributed by atoms with Crippen LogP contribution < -0.4 is 0 Å². The largest absolute Gasteiger partial charge is 0.394 e. The second-order valence-corrected chi connectivity index (χ2v) is 2.72. The van der Waals surface area contributed by atoms with E-state index in [-0.39, 0.29) is 7.43 Å². The Hall–Kier alpha value is -0.240. The second kappa shape index (κ2) is 4.85. The first-order valence-electron chi connectivity index (χ1n) is 3.56. The lowest BCUT2D eigenvalue weighted by atomic mass is 10.00. The summed E-state index contributed by atoms with van der Waals surface area (Å²) in [4.78, 5) is 0. The van der Waals surface area contributed by atoms with Gasteiger partial charge in [0, 0.05) is 7.43 Å². The molecule has 76 valence electrons. The standard InChI is InChI=1S/C6H12O6.C/c7-1-2-3(8)4(9)5(10)6(11)12-2;/h2-11H,1H2;/t2-,3-,4+,5+,6?;/m1./s1. The van der Waals surface area contributed by atoms with Crippen LogP contribution in [0, 0.1) is 7.43 Å². The zero-order valence-electron chi connectivity index (χ0n) is 6.74. The molecule has 6 nitrogen and oxygen atoms in total. The Labute approximate surface area is 76.0 Å². The van der Waals surface area contributed by atoms with E-state index in [1.165, 1.54) is 0 Å². The predicted molar refractivity (Wildman–Crippen MR) is 39.2 cm³/mol. The van der Waals surface area contributed by atoms with E-state index in [2.05, 4.69) is 4.74 Å². The van der Waals surface area contributed by atoms with Crippen molar-refractivity contribution in [2.45, 2.75) is 30.7 Å². The third kappa shape index (κ3) is 2.37. The molecule has 1 fully saturated rings. The molecule has 6 heteroatoms. The van der Waals surface area contributed by atoms with E-state index in [4.69, 9.17) is 25.5 Å². The second-order valence-electron chi connectivity index (χ2n) is 2.72. The van der Waals surface area contributed by atoms with Crippen LogP contribution in [0.15, 0.2) is 0 Å². The van der Waals surface area contributed by atoms with E-state index in [1.807, 2.05) is 0 Å². The van der Waals surface area contributed by atoms with Gasteiger partial charge in [0.2, 0.25) is 0 Å². The van der Waals surface area contributed by atoms with Gasteiger partial charge in [-0.2, -0.15) is 0 Å². The van der Waals surface area contributed by atoms with Gasteiger partial charge in [-0.1, -0.05) is 0 Å². The Kier molecular flexibility index (Phi) is 4.76. The van der Waals surface area contributed by atoms with E-state index in [0.717, 1.165) is 0 Å². The smallest absolute Gasteiger partial charge is 0.184 e. The highest BCUT2D eigenvalue weighted by molar-refractivity contribution is 4.87. The van der Waals surface area contributed by atoms with Crippen molar-refractivity contribution in [1.82, 2.24) is 0 Å². The Morgan fingerprint density at radius 2 is 1.46 bits per heavy atom. The van der Waals surface area contributed by atoms with Crippen LogP contribution in [-0.4, -0.2) is 62.8 Å². The van der Waals surface area contributed by atoms with Crippen molar-refractivity contribution < 1.29 is 30.3 Å². The van der Waals surface area contributed by atoms with E-state index < -0.39 is 37.3 Å². The van der Waals surface area contributed by atoms with Gasteiger partial charge in [-0.3, -0.25) is 0 Å². The minimum absolute atomic E-state index is 0. The molecule has 0 aromatic rings. The summed E-state index contributed by atoms with van der Waals surface area (Å²) in [7, 11) is 0. The number of ether oxygens (including phenoxy) is 1. The average molecular weight is 192 g/mol. The highest BCUT2D eigenvalue weighted by Crippen LogP contribution is 2.18. The molecule has 0 aromatic heterocycles. The Morgan fingerprint density at radius 3 is 1.92 bits per heavy atom. The van der Waals surface area contributed by atoms with Crippen molar-refractivity contribution in [1.29, 1.82) is 0 Å². The zero-order valence-corrected chi connectivity index (χ0v) is 6.74. The van der Waals surface area contributed by atoms with Crippen LogP contribution in [-0.2, 0) is 4.74 Å². The molecule has 0 amide bonds. The van der Waals surface area contributed by atoms with Crippen molar-refractivity contribution in [3.63, 3.8) is 0 Å². The molecule has 0 saturated carbocycles. The molecule has 0 bridgehead atoms. The minimum atomic E-state index is -1.57. The van der Waals surface area contributed by atoms with Crippen LogP contribution in [0.5, 0.6) is 0 Å². The monoisotopic (exact) mass is 192 g/mol. The number of hydrogen-bond acceptors (Lipinski definition) is 6. The summed E-state index contributed by atoms with van der Waals surface area (Å²) in [5.41, 5.74) is 0. The SMILES string of the molecule is OC[C@H]1OC(O)[C@@H](O)[C@@H](O)[C@@H]1O.[C]. The lowest BCUT2D eigenvalue weighted by molar-refractivity contribution is -0.286. The summed E-state index contributed by atoms with van der Waals surface area (Å²) in [6, 6.07) is 0. The summed E-state index contributed by atoms with van der Waals surface area (Å²) in [5, 5.41) is 44.7. The molecular weight excluding hydrogens is 180 g/mol. The quantitative estimate of drug-likeness (QED) is 0.300. The van der Waals surface area contributed by atoms with Gasteiger partial charge in [-0.25, -0.2) is 0 Å². The lowest BCUT2D eigenvalue weighted by Crippen LogP contribution is -2.58. The van der Waals surface area contributed by atoms with Crippen molar-refractivity contribution in [3.8, 4) is 0 Å². The molecule has 13 heavy (non-hydrogen) atoms. The molecule has 0 spiro atoms. The molecule has 4 radical (unpaired) electrons. The number of hydrogen-bond donors (Lipinski definition) is 5. The van der Waals surface area contributed by atoms with Gasteiger partial charge in [0.15, 0.2) is 6.29 Å². The van der Waals surface area contributed by atoms with Gasteiger partial charge in [-0.05, 0) is 0 Å². The summed E-state index contributed by atoms with van der Waals surface area (Å²) in [5.74, 6) is 0. The fourth-order valence-corrected chi connectivity index (χ4v) is 1.08. The van der Waals surface area contributed by atoms with E-state index in [1.54, 1.807) is 0 Å².